The number of alkyl halides is 5. The number of carbonyl (C=O) groups excluding carboxylic acids is 1. The average molecular weight is 446 g/mol. The van der Waals surface area contributed by atoms with Crippen LogP contribution >= 0.6 is 0 Å². The Labute approximate surface area is 172 Å². The Balaban J connectivity index is 1.91. The van der Waals surface area contributed by atoms with Gasteiger partial charge >= 0.3 is 12.8 Å². The summed E-state index contributed by atoms with van der Waals surface area (Å²) in [4.78, 5) is 16.7. The van der Waals surface area contributed by atoms with Gasteiger partial charge in [-0.3, -0.25) is 4.79 Å². The van der Waals surface area contributed by atoms with Crippen molar-refractivity contribution in [3.63, 3.8) is 0 Å². The molecule has 1 aliphatic heterocycles. The lowest BCUT2D eigenvalue weighted by atomic mass is 9.76. The van der Waals surface area contributed by atoms with Gasteiger partial charge in [-0.25, -0.2) is 9.37 Å². The van der Waals surface area contributed by atoms with Crippen molar-refractivity contribution in [3.05, 3.63) is 53.0 Å². The number of anilines is 1. The third kappa shape index (κ3) is 3.60. The highest BCUT2D eigenvalue weighted by Crippen LogP contribution is 2.50. The highest BCUT2D eigenvalue weighted by molar-refractivity contribution is 5.70. The molecule has 4 rings (SSSR count). The molecule has 1 fully saturated rings. The molecule has 2 atom stereocenters. The average Bonchev–Trinajstić information content (AvgIpc) is 3.06. The summed E-state index contributed by atoms with van der Waals surface area (Å²) in [5.41, 5.74) is -1.64. The van der Waals surface area contributed by atoms with Gasteiger partial charge in [0.2, 0.25) is 0 Å². The van der Waals surface area contributed by atoms with Crippen LogP contribution in [0.4, 0.5) is 32.2 Å². The number of nitrogens with zero attached hydrogens (tertiary/aromatic N) is 2. The summed E-state index contributed by atoms with van der Waals surface area (Å²) >= 11 is 0. The Morgan fingerprint density at radius 2 is 2.10 bits per heavy atom. The second kappa shape index (κ2) is 7.70. The largest absolute Gasteiger partial charge is 0.431 e. The van der Waals surface area contributed by atoms with Crippen LogP contribution in [-0.2, 0) is 27.7 Å². The Hall–Kier alpha value is -2.82. The third-order valence-corrected chi connectivity index (χ3v) is 5.57. The molecular formula is C20H16F6N2O3. The molecule has 0 bridgehead atoms. The molecule has 1 aromatic heterocycles. The van der Waals surface area contributed by atoms with E-state index in [1.807, 2.05) is 0 Å². The van der Waals surface area contributed by atoms with Crippen LogP contribution in [0.25, 0.3) is 0 Å². The number of halogens is 6. The van der Waals surface area contributed by atoms with E-state index in [1.54, 1.807) is 6.07 Å². The van der Waals surface area contributed by atoms with Gasteiger partial charge in [0, 0.05) is 6.20 Å². The summed E-state index contributed by atoms with van der Waals surface area (Å²) in [6.45, 7) is -3.54. The SMILES string of the molecule is O=CC1OC[C@@]2(CCCc3c(F)cccc32)N1c1ncc(C(F)(F)F)cc1OC(F)F. The van der Waals surface area contributed by atoms with Gasteiger partial charge in [0.25, 0.3) is 0 Å². The van der Waals surface area contributed by atoms with E-state index >= 15 is 0 Å². The van der Waals surface area contributed by atoms with Crippen molar-refractivity contribution in [2.45, 2.75) is 43.8 Å². The summed E-state index contributed by atoms with van der Waals surface area (Å²) < 4.78 is 89.8. The van der Waals surface area contributed by atoms with E-state index in [2.05, 4.69) is 9.72 Å². The van der Waals surface area contributed by atoms with Gasteiger partial charge in [-0.2, -0.15) is 22.0 Å². The van der Waals surface area contributed by atoms with Crippen LogP contribution in [0.15, 0.2) is 30.5 Å². The maximum atomic E-state index is 14.5. The van der Waals surface area contributed by atoms with Gasteiger partial charge in [0.1, 0.15) is 5.82 Å². The molecule has 2 aromatic rings. The molecule has 2 aliphatic rings. The molecule has 1 aromatic carbocycles. The molecule has 0 radical (unpaired) electrons. The second-order valence-electron chi connectivity index (χ2n) is 7.28. The van der Waals surface area contributed by atoms with E-state index in [0.29, 0.717) is 48.9 Å². The van der Waals surface area contributed by atoms with E-state index < -0.39 is 47.5 Å². The van der Waals surface area contributed by atoms with Crippen molar-refractivity contribution in [1.82, 2.24) is 4.98 Å². The highest BCUT2D eigenvalue weighted by Gasteiger charge is 2.52. The normalized spacial score (nSPS) is 23.3. The first-order valence-corrected chi connectivity index (χ1v) is 9.33. The van der Waals surface area contributed by atoms with Crippen molar-refractivity contribution in [1.29, 1.82) is 0 Å². The first-order chi connectivity index (χ1) is 14.7. The zero-order valence-corrected chi connectivity index (χ0v) is 15.8. The van der Waals surface area contributed by atoms with E-state index in [-0.39, 0.29) is 6.61 Å². The standard InChI is InChI=1S/C20H16F6N2O3/c21-14-5-1-4-13-12(14)3-2-6-19(13)10-30-16(9-29)28(19)17-15(31-18(22)23)7-11(8-27-17)20(24,25)26/h1,4-5,7-9,16,18H,2-3,6,10H2/t16?,19-/m1/s1. The summed E-state index contributed by atoms with van der Waals surface area (Å²) in [7, 11) is 0. The number of benzene rings is 1. The molecule has 1 aliphatic carbocycles. The predicted molar refractivity (Wildman–Crippen MR) is 95.2 cm³/mol. The molecule has 166 valence electrons. The number of pyridine rings is 1. The molecule has 31 heavy (non-hydrogen) atoms. The van der Waals surface area contributed by atoms with Crippen LogP contribution in [0.3, 0.4) is 0 Å². The Morgan fingerprint density at radius 1 is 1.32 bits per heavy atom. The lowest BCUT2D eigenvalue weighted by Crippen LogP contribution is -2.50. The van der Waals surface area contributed by atoms with Crippen LogP contribution in [0.1, 0.15) is 29.5 Å². The van der Waals surface area contributed by atoms with Crippen molar-refractivity contribution in [3.8, 4) is 5.75 Å². The number of aldehydes is 1. The fraction of sp³-hybridized carbons (Fsp3) is 0.400. The first-order valence-electron chi connectivity index (χ1n) is 9.33. The topological polar surface area (TPSA) is 51.7 Å². The molecule has 11 heteroatoms. The summed E-state index contributed by atoms with van der Waals surface area (Å²) in [5.74, 6) is -1.75. The van der Waals surface area contributed by atoms with E-state index in [4.69, 9.17) is 4.74 Å². The zero-order chi connectivity index (χ0) is 22.4. The smallest absolute Gasteiger partial charge is 0.418 e. The lowest BCUT2D eigenvalue weighted by Gasteiger charge is -2.43. The highest BCUT2D eigenvalue weighted by atomic mass is 19.4. The molecule has 0 N–H and O–H groups in total. The summed E-state index contributed by atoms with van der Waals surface area (Å²) in [6, 6.07) is 4.76. The maximum absolute atomic E-state index is 14.5. The minimum absolute atomic E-state index is 0.107. The zero-order valence-electron chi connectivity index (χ0n) is 15.8. The molecule has 0 saturated carbocycles. The quantitative estimate of drug-likeness (QED) is 0.514. The number of rotatable bonds is 4. The molecule has 0 amide bonds. The number of hydrogen-bond donors (Lipinski definition) is 0. The number of hydrogen-bond acceptors (Lipinski definition) is 5. The van der Waals surface area contributed by atoms with Gasteiger partial charge in [-0.05, 0) is 42.5 Å². The summed E-state index contributed by atoms with van der Waals surface area (Å²) in [6.07, 6.45) is -4.11. The Bertz CT molecular complexity index is 999. The molecule has 2 heterocycles. The molecular weight excluding hydrogens is 430 g/mol. The van der Waals surface area contributed by atoms with E-state index in [0.717, 1.165) is 0 Å². The van der Waals surface area contributed by atoms with Crippen molar-refractivity contribution >= 4 is 12.1 Å². The van der Waals surface area contributed by atoms with Gasteiger partial charge in [-0.15, -0.1) is 0 Å². The van der Waals surface area contributed by atoms with Crippen molar-refractivity contribution < 1.29 is 40.6 Å². The van der Waals surface area contributed by atoms with Gasteiger partial charge in [-0.1, -0.05) is 12.1 Å². The Kier molecular flexibility index (Phi) is 5.32. The number of carbonyl (C=O) groups is 1. The van der Waals surface area contributed by atoms with Gasteiger partial charge in [0.15, 0.2) is 24.1 Å². The number of aromatic nitrogens is 1. The van der Waals surface area contributed by atoms with Crippen LogP contribution in [0.5, 0.6) is 5.75 Å². The van der Waals surface area contributed by atoms with Crippen molar-refractivity contribution in [2.75, 3.05) is 11.5 Å². The summed E-state index contributed by atoms with van der Waals surface area (Å²) in [5, 5.41) is 0. The molecule has 5 nitrogen and oxygen atoms in total. The first kappa shape index (κ1) is 21.4. The molecule has 1 spiro atoms. The van der Waals surface area contributed by atoms with Crippen molar-refractivity contribution in [2.24, 2.45) is 0 Å². The van der Waals surface area contributed by atoms with Gasteiger partial charge < -0.3 is 14.4 Å². The number of ether oxygens (including phenoxy) is 2. The van der Waals surface area contributed by atoms with E-state index in [1.165, 1.54) is 17.0 Å². The van der Waals surface area contributed by atoms with Crippen LogP contribution in [0.2, 0.25) is 0 Å². The molecule has 1 unspecified atom stereocenters. The maximum Gasteiger partial charge on any atom is 0.418 e. The number of fused-ring (bicyclic) bond motifs is 2. The second-order valence-corrected chi connectivity index (χ2v) is 7.28. The van der Waals surface area contributed by atoms with Gasteiger partial charge in [0.05, 0.1) is 17.7 Å². The van der Waals surface area contributed by atoms with Crippen LogP contribution < -0.4 is 9.64 Å². The lowest BCUT2D eigenvalue weighted by molar-refractivity contribution is -0.138. The fourth-order valence-corrected chi connectivity index (χ4v) is 4.33. The fourth-order valence-electron chi connectivity index (χ4n) is 4.33. The van der Waals surface area contributed by atoms with E-state index in [9.17, 15) is 31.1 Å². The molecule has 1 saturated heterocycles. The third-order valence-electron chi connectivity index (χ3n) is 5.57. The Morgan fingerprint density at radius 3 is 2.77 bits per heavy atom. The monoisotopic (exact) mass is 446 g/mol. The van der Waals surface area contributed by atoms with Crippen LogP contribution in [-0.4, -0.2) is 30.7 Å². The predicted octanol–water partition coefficient (Wildman–Crippen LogP) is 4.43. The van der Waals surface area contributed by atoms with Crippen LogP contribution in [0, 0.1) is 5.82 Å². The minimum Gasteiger partial charge on any atom is -0.431 e. The minimum atomic E-state index is -4.85.